The van der Waals surface area contributed by atoms with Crippen molar-refractivity contribution in [2.75, 3.05) is 13.2 Å². The van der Waals surface area contributed by atoms with Crippen LogP contribution in [0.1, 0.15) is 26.2 Å². The fraction of sp³-hybridized carbons (Fsp3) is 0.938. The summed E-state index contributed by atoms with van der Waals surface area (Å²) in [4.78, 5) is 12.9. The molecule has 4 heterocycles. The van der Waals surface area contributed by atoms with Crippen LogP contribution in [0.25, 0.3) is 0 Å². The molecular weight excluding hydrogens is 288 g/mol. The van der Waals surface area contributed by atoms with Crippen LogP contribution in [0.3, 0.4) is 0 Å². The molecule has 7 unspecified atom stereocenters. The maximum atomic E-state index is 12.9. The van der Waals surface area contributed by atoms with E-state index >= 15 is 0 Å². The number of aliphatic hydroxyl groups excluding tert-OH is 1. The highest BCUT2D eigenvalue weighted by molar-refractivity contribution is 5.87. The monoisotopic (exact) mass is 308 g/mol. The second kappa shape index (κ2) is 3.38. The molecule has 9 atom stereocenters. The van der Waals surface area contributed by atoms with E-state index in [0.29, 0.717) is 6.61 Å². The molecule has 6 heteroatoms. The Balaban J connectivity index is 1.65. The predicted octanol–water partition coefficient (Wildman–Crippen LogP) is 0.219. The van der Waals surface area contributed by atoms with Gasteiger partial charge in [0.25, 0.3) is 0 Å². The van der Waals surface area contributed by atoms with E-state index < -0.39 is 28.8 Å². The molecule has 6 rings (SSSR count). The Labute approximate surface area is 128 Å². The lowest BCUT2D eigenvalue weighted by molar-refractivity contribution is -0.201. The molecule has 0 aromatic heterocycles. The third kappa shape index (κ3) is 0.890. The number of hydrogen-bond acceptors (Lipinski definition) is 6. The number of fused-ring (bicyclic) bond motifs is 1. The zero-order valence-electron chi connectivity index (χ0n) is 12.5. The molecule has 22 heavy (non-hydrogen) atoms. The van der Waals surface area contributed by atoms with E-state index in [4.69, 9.17) is 18.9 Å². The lowest BCUT2D eigenvalue weighted by Gasteiger charge is -2.41. The Kier molecular flexibility index (Phi) is 1.95. The van der Waals surface area contributed by atoms with Crippen molar-refractivity contribution in [1.29, 1.82) is 0 Å². The van der Waals surface area contributed by atoms with E-state index in [1.54, 1.807) is 0 Å². The van der Waals surface area contributed by atoms with Crippen LogP contribution in [-0.2, 0) is 23.7 Å². The van der Waals surface area contributed by atoms with E-state index in [0.717, 1.165) is 19.3 Å². The van der Waals surface area contributed by atoms with Crippen LogP contribution in [0.15, 0.2) is 0 Å². The van der Waals surface area contributed by atoms with Crippen LogP contribution in [-0.4, -0.2) is 54.5 Å². The van der Waals surface area contributed by atoms with Gasteiger partial charge in [-0.15, -0.1) is 0 Å². The Morgan fingerprint density at radius 2 is 2.14 bits per heavy atom. The van der Waals surface area contributed by atoms with Crippen molar-refractivity contribution in [3.63, 3.8) is 0 Å². The number of rotatable bonds is 0. The van der Waals surface area contributed by atoms with Crippen molar-refractivity contribution in [2.45, 2.75) is 56.4 Å². The molecule has 0 aromatic carbocycles. The Bertz CT molecular complexity index is 593. The quantitative estimate of drug-likeness (QED) is 0.645. The molecule has 120 valence electrons. The standard InChI is InChI=1S/C16H20O6/c1-7-5-19-8-4-15-10-2-3-14(15)9(17)6-20-13(14)22-16(15,11(7)8)12(18)21-10/h7-11,13,17H,2-6H2,1H3/t7-,8?,9+,10?,11?,13?,14?,15?,16?/m1/s1. The van der Waals surface area contributed by atoms with Gasteiger partial charge in [0, 0.05) is 12.5 Å². The summed E-state index contributed by atoms with van der Waals surface area (Å²) in [6, 6.07) is 0. The average Bonchev–Trinajstić information content (AvgIpc) is 3.21. The highest BCUT2D eigenvalue weighted by Crippen LogP contribution is 2.81. The molecule has 0 aromatic rings. The molecule has 1 N–H and O–H groups in total. The SMILES string of the molecule is C[C@@H]1COC2CC34C5CCC36C(OC[C@@H]6O)OC4(C(=O)O5)C21. The molecule has 6 nitrogen and oxygen atoms in total. The minimum Gasteiger partial charge on any atom is -0.459 e. The summed E-state index contributed by atoms with van der Waals surface area (Å²) in [6.45, 7) is 3.07. The van der Waals surface area contributed by atoms with E-state index in [2.05, 4.69) is 6.92 Å². The Morgan fingerprint density at radius 1 is 1.27 bits per heavy atom. The lowest BCUT2D eigenvalue weighted by Crippen LogP contribution is -2.56. The van der Waals surface area contributed by atoms with Crippen LogP contribution < -0.4 is 0 Å². The summed E-state index contributed by atoms with van der Waals surface area (Å²) in [5, 5.41) is 10.8. The van der Waals surface area contributed by atoms with Gasteiger partial charge in [-0.25, -0.2) is 4.79 Å². The summed E-state index contributed by atoms with van der Waals surface area (Å²) >= 11 is 0. The Hall–Kier alpha value is -0.690. The minimum atomic E-state index is -0.971. The molecule has 2 spiro atoms. The van der Waals surface area contributed by atoms with Gasteiger partial charge in [0.1, 0.15) is 6.10 Å². The molecule has 2 aliphatic carbocycles. The minimum absolute atomic E-state index is 0.0152. The fourth-order valence-corrected chi connectivity index (χ4v) is 7.17. The first-order valence-corrected chi connectivity index (χ1v) is 8.38. The maximum absolute atomic E-state index is 12.9. The third-order valence-electron chi connectivity index (χ3n) is 7.71. The number of ether oxygens (including phenoxy) is 4. The van der Waals surface area contributed by atoms with E-state index in [1.807, 2.05) is 0 Å². The summed E-state index contributed by atoms with van der Waals surface area (Å²) < 4.78 is 23.9. The molecule has 6 aliphatic rings. The van der Waals surface area contributed by atoms with Crippen molar-refractivity contribution in [1.82, 2.24) is 0 Å². The number of aliphatic hydroxyl groups is 1. The van der Waals surface area contributed by atoms with Gasteiger partial charge in [-0.05, 0) is 25.2 Å². The predicted molar refractivity (Wildman–Crippen MR) is 70.6 cm³/mol. The first-order chi connectivity index (χ1) is 10.6. The number of carbonyl (C=O) groups excluding carboxylic acids is 1. The van der Waals surface area contributed by atoms with Crippen molar-refractivity contribution in [3.05, 3.63) is 0 Å². The molecule has 6 fully saturated rings. The van der Waals surface area contributed by atoms with Crippen LogP contribution in [0, 0.1) is 22.7 Å². The molecule has 4 saturated heterocycles. The normalized spacial score (nSPS) is 67.1. The van der Waals surface area contributed by atoms with E-state index in [-0.39, 0.29) is 36.6 Å². The molecule has 0 amide bonds. The zero-order chi connectivity index (χ0) is 14.9. The van der Waals surface area contributed by atoms with Crippen LogP contribution >= 0.6 is 0 Å². The Morgan fingerprint density at radius 3 is 3.00 bits per heavy atom. The number of carbonyl (C=O) groups is 1. The first kappa shape index (κ1) is 12.7. The second-order valence-corrected chi connectivity index (χ2v) is 8.06. The number of esters is 1. The lowest BCUT2D eigenvalue weighted by atomic mass is 9.57. The maximum Gasteiger partial charge on any atom is 0.340 e. The van der Waals surface area contributed by atoms with Crippen molar-refractivity contribution < 1.29 is 28.8 Å². The summed E-state index contributed by atoms with van der Waals surface area (Å²) in [5.74, 6) is 0.0253. The third-order valence-corrected chi connectivity index (χ3v) is 7.71. The topological polar surface area (TPSA) is 74.2 Å². The molecule has 0 bridgehead atoms. The van der Waals surface area contributed by atoms with Crippen molar-refractivity contribution >= 4 is 5.97 Å². The summed E-state index contributed by atoms with van der Waals surface area (Å²) in [6.07, 6.45) is 1.14. The largest absolute Gasteiger partial charge is 0.459 e. The van der Waals surface area contributed by atoms with Gasteiger partial charge < -0.3 is 24.1 Å². The van der Waals surface area contributed by atoms with Crippen molar-refractivity contribution in [2.24, 2.45) is 22.7 Å². The zero-order valence-corrected chi connectivity index (χ0v) is 12.5. The molecular formula is C16H20O6. The molecule has 4 aliphatic heterocycles. The van der Waals surface area contributed by atoms with Gasteiger partial charge in [-0.3, -0.25) is 0 Å². The highest BCUT2D eigenvalue weighted by Gasteiger charge is 2.93. The first-order valence-electron chi connectivity index (χ1n) is 8.38. The summed E-state index contributed by atoms with van der Waals surface area (Å²) in [5.41, 5.74) is -1.94. The van der Waals surface area contributed by atoms with Crippen LogP contribution in [0.4, 0.5) is 0 Å². The van der Waals surface area contributed by atoms with Gasteiger partial charge in [0.15, 0.2) is 11.9 Å². The smallest absolute Gasteiger partial charge is 0.340 e. The van der Waals surface area contributed by atoms with Crippen LogP contribution in [0.2, 0.25) is 0 Å². The average molecular weight is 308 g/mol. The highest BCUT2D eigenvalue weighted by atomic mass is 16.7. The fourth-order valence-electron chi connectivity index (χ4n) is 7.17. The van der Waals surface area contributed by atoms with Gasteiger partial charge in [0.2, 0.25) is 0 Å². The van der Waals surface area contributed by atoms with Crippen molar-refractivity contribution in [3.8, 4) is 0 Å². The van der Waals surface area contributed by atoms with Gasteiger partial charge in [0.05, 0.1) is 29.6 Å². The number of hydrogen-bond donors (Lipinski definition) is 1. The molecule has 2 saturated carbocycles. The van der Waals surface area contributed by atoms with E-state index in [1.165, 1.54) is 0 Å². The second-order valence-electron chi connectivity index (χ2n) is 8.06. The molecule has 0 radical (unpaired) electrons. The van der Waals surface area contributed by atoms with Crippen LogP contribution in [0.5, 0.6) is 0 Å². The van der Waals surface area contributed by atoms with Gasteiger partial charge in [-0.2, -0.15) is 0 Å². The van der Waals surface area contributed by atoms with E-state index in [9.17, 15) is 9.90 Å². The summed E-state index contributed by atoms with van der Waals surface area (Å²) in [7, 11) is 0. The van der Waals surface area contributed by atoms with Gasteiger partial charge in [-0.1, -0.05) is 6.92 Å². The van der Waals surface area contributed by atoms with Gasteiger partial charge >= 0.3 is 5.97 Å².